The van der Waals surface area contributed by atoms with Crippen LogP contribution in [0.5, 0.6) is 0 Å². The lowest BCUT2D eigenvalue weighted by molar-refractivity contribution is -0.135. The zero-order chi connectivity index (χ0) is 14.4. The zero-order valence-corrected chi connectivity index (χ0v) is 11.3. The molecule has 19 heavy (non-hydrogen) atoms. The average Bonchev–Trinajstić information content (AvgIpc) is 2.29. The highest BCUT2D eigenvalue weighted by Gasteiger charge is 2.50. The van der Waals surface area contributed by atoms with E-state index in [0.29, 0.717) is 19.3 Å². The van der Waals surface area contributed by atoms with Gasteiger partial charge in [0.2, 0.25) is 0 Å². The summed E-state index contributed by atoms with van der Waals surface area (Å²) >= 11 is 0. The number of carboxylic acids is 1. The van der Waals surface area contributed by atoms with Crippen LogP contribution in [-0.2, 0) is 9.59 Å². The van der Waals surface area contributed by atoms with Gasteiger partial charge in [-0.2, -0.15) is 0 Å². The van der Waals surface area contributed by atoms with Gasteiger partial charge in [-0.3, -0.25) is 4.79 Å². The van der Waals surface area contributed by atoms with Crippen LogP contribution in [0.1, 0.15) is 33.1 Å². The van der Waals surface area contributed by atoms with Gasteiger partial charge in [0.05, 0.1) is 6.10 Å². The molecular weight excluding hydrogens is 244 g/mol. The lowest BCUT2D eigenvalue weighted by Crippen LogP contribution is -2.49. The van der Waals surface area contributed by atoms with Crippen molar-refractivity contribution in [3.8, 4) is 0 Å². The van der Waals surface area contributed by atoms with Gasteiger partial charge in [-0.25, -0.2) is 4.79 Å². The van der Waals surface area contributed by atoms with E-state index in [1.165, 1.54) is 0 Å². The molecule has 4 atom stereocenters. The summed E-state index contributed by atoms with van der Waals surface area (Å²) < 4.78 is 0. The second-order valence-electron chi connectivity index (χ2n) is 6.10. The minimum Gasteiger partial charge on any atom is -0.478 e. The number of aliphatic hydroxyl groups excluding tert-OH is 1. The third kappa shape index (κ3) is 2.25. The van der Waals surface area contributed by atoms with E-state index in [1.807, 2.05) is 13.8 Å². The van der Waals surface area contributed by atoms with E-state index in [0.717, 1.165) is 5.57 Å². The predicted molar refractivity (Wildman–Crippen MR) is 70.5 cm³/mol. The number of ketones is 1. The molecule has 0 heterocycles. The van der Waals surface area contributed by atoms with Gasteiger partial charge in [0, 0.05) is 17.4 Å². The summed E-state index contributed by atoms with van der Waals surface area (Å²) in [6.45, 7) is 7.43. The highest BCUT2D eigenvalue weighted by Crippen LogP contribution is 2.52. The normalized spacial score (nSPS) is 38.4. The van der Waals surface area contributed by atoms with Crippen LogP contribution in [-0.4, -0.2) is 28.1 Å². The Morgan fingerprint density at radius 3 is 2.68 bits per heavy atom. The number of rotatable bonds is 2. The molecular formula is C15H20O4. The highest BCUT2D eigenvalue weighted by molar-refractivity contribution is 5.92. The van der Waals surface area contributed by atoms with Crippen LogP contribution >= 0.6 is 0 Å². The van der Waals surface area contributed by atoms with Crippen LogP contribution in [0.15, 0.2) is 23.8 Å². The van der Waals surface area contributed by atoms with Crippen molar-refractivity contribution in [3.63, 3.8) is 0 Å². The maximum atomic E-state index is 11.7. The Bertz CT molecular complexity index is 477. The molecule has 0 aliphatic heterocycles. The number of carboxylic acid groups (broad SMARTS) is 1. The highest BCUT2D eigenvalue weighted by atomic mass is 16.4. The van der Waals surface area contributed by atoms with Gasteiger partial charge in [0.15, 0.2) is 5.78 Å². The van der Waals surface area contributed by atoms with Crippen molar-refractivity contribution in [3.05, 3.63) is 23.8 Å². The van der Waals surface area contributed by atoms with Gasteiger partial charge in [-0.05, 0) is 37.7 Å². The molecule has 4 heteroatoms. The molecule has 104 valence electrons. The topological polar surface area (TPSA) is 74.6 Å². The molecule has 0 aromatic rings. The quantitative estimate of drug-likeness (QED) is 0.747. The van der Waals surface area contributed by atoms with Gasteiger partial charge in [0.1, 0.15) is 0 Å². The number of allylic oxidation sites excluding steroid dienone is 2. The second kappa shape index (κ2) is 4.60. The molecule has 2 aliphatic rings. The van der Waals surface area contributed by atoms with Crippen LogP contribution in [0.3, 0.4) is 0 Å². The Kier molecular flexibility index (Phi) is 3.39. The molecule has 0 amide bonds. The Morgan fingerprint density at radius 2 is 2.11 bits per heavy atom. The number of aliphatic carboxylic acids is 1. The first-order valence-corrected chi connectivity index (χ1v) is 6.57. The first kappa shape index (κ1) is 14.0. The molecule has 0 aromatic carbocycles. The Balaban J connectivity index is 2.32. The summed E-state index contributed by atoms with van der Waals surface area (Å²) in [7, 11) is 0. The number of fused-ring (bicyclic) bond motifs is 1. The van der Waals surface area contributed by atoms with E-state index in [2.05, 4.69) is 6.58 Å². The second-order valence-corrected chi connectivity index (χ2v) is 6.10. The fourth-order valence-electron chi connectivity index (χ4n) is 3.61. The van der Waals surface area contributed by atoms with E-state index >= 15 is 0 Å². The lowest BCUT2D eigenvalue weighted by atomic mass is 9.56. The van der Waals surface area contributed by atoms with E-state index in [1.54, 1.807) is 6.08 Å². The molecule has 0 aromatic heterocycles. The summed E-state index contributed by atoms with van der Waals surface area (Å²) in [6, 6.07) is 0. The fourth-order valence-corrected chi connectivity index (χ4v) is 3.61. The van der Waals surface area contributed by atoms with Crippen molar-refractivity contribution >= 4 is 11.8 Å². The molecule has 1 saturated carbocycles. The van der Waals surface area contributed by atoms with E-state index in [-0.39, 0.29) is 23.2 Å². The number of carbonyl (C=O) groups excluding carboxylic acids is 1. The Labute approximate surface area is 112 Å². The summed E-state index contributed by atoms with van der Waals surface area (Å²) in [4.78, 5) is 22.7. The number of carbonyl (C=O) groups is 2. The van der Waals surface area contributed by atoms with Gasteiger partial charge >= 0.3 is 5.97 Å². The smallest absolute Gasteiger partial charge is 0.331 e. The minimum absolute atomic E-state index is 0.0470. The summed E-state index contributed by atoms with van der Waals surface area (Å²) in [5, 5.41) is 19.4. The van der Waals surface area contributed by atoms with Crippen molar-refractivity contribution in [2.24, 2.45) is 17.3 Å². The molecule has 0 radical (unpaired) electrons. The van der Waals surface area contributed by atoms with Gasteiger partial charge in [0.25, 0.3) is 0 Å². The van der Waals surface area contributed by atoms with Crippen LogP contribution < -0.4 is 0 Å². The Hall–Kier alpha value is -1.42. The van der Waals surface area contributed by atoms with Crippen molar-refractivity contribution in [2.75, 3.05) is 0 Å². The monoisotopic (exact) mass is 264 g/mol. The van der Waals surface area contributed by atoms with Crippen molar-refractivity contribution in [2.45, 2.75) is 39.2 Å². The third-order valence-electron chi connectivity index (χ3n) is 4.85. The summed E-state index contributed by atoms with van der Waals surface area (Å²) in [6.07, 6.45) is 2.32. The lowest BCUT2D eigenvalue weighted by Gasteiger charge is -2.50. The molecule has 0 bridgehead atoms. The standard InChI is InChI=1S/C15H20O4/c1-8-4-11(16)7-15(3)12(8)5-10(6-13(15)17)9(2)14(18)19/h4,10,12-13,17H,2,5-7H2,1,3H3,(H,18,19)/t10-,12?,13-,15-/m0/s1. The van der Waals surface area contributed by atoms with Gasteiger partial charge < -0.3 is 10.2 Å². The first-order chi connectivity index (χ1) is 8.75. The van der Waals surface area contributed by atoms with Crippen molar-refractivity contribution in [1.29, 1.82) is 0 Å². The predicted octanol–water partition coefficient (Wildman–Crippen LogP) is 1.94. The molecule has 1 fully saturated rings. The van der Waals surface area contributed by atoms with Crippen LogP contribution in [0.4, 0.5) is 0 Å². The third-order valence-corrected chi connectivity index (χ3v) is 4.85. The van der Waals surface area contributed by atoms with Gasteiger partial charge in [-0.1, -0.05) is 19.1 Å². The average molecular weight is 264 g/mol. The fraction of sp³-hybridized carbons (Fsp3) is 0.600. The molecule has 0 spiro atoms. The molecule has 2 aliphatic carbocycles. The Morgan fingerprint density at radius 1 is 1.47 bits per heavy atom. The SMILES string of the molecule is C=C(C(=O)O)[C@H]1CC2C(C)=CC(=O)C[C@]2(C)[C@@H](O)C1. The first-order valence-electron chi connectivity index (χ1n) is 6.57. The number of aliphatic hydroxyl groups is 1. The van der Waals surface area contributed by atoms with Crippen LogP contribution in [0.25, 0.3) is 0 Å². The largest absolute Gasteiger partial charge is 0.478 e. The van der Waals surface area contributed by atoms with E-state index in [4.69, 9.17) is 5.11 Å². The van der Waals surface area contributed by atoms with E-state index < -0.39 is 17.5 Å². The summed E-state index contributed by atoms with van der Waals surface area (Å²) in [5.74, 6) is -1.13. The van der Waals surface area contributed by atoms with Crippen molar-refractivity contribution in [1.82, 2.24) is 0 Å². The molecule has 4 nitrogen and oxygen atoms in total. The molecule has 2 rings (SSSR count). The minimum atomic E-state index is -1.01. The van der Waals surface area contributed by atoms with Gasteiger partial charge in [-0.15, -0.1) is 0 Å². The molecule has 2 N–H and O–H groups in total. The maximum absolute atomic E-state index is 11.7. The van der Waals surface area contributed by atoms with Crippen LogP contribution in [0, 0.1) is 17.3 Å². The van der Waals surface area contributed by atoms with Crippen LogP contribution in [0.2, 0.25) is 0 Å². The molecule has 1 unspecified atom stereocenters. The number of hydrogen-bond donors (Lipinski definition) is 2. The van der Waals surface area contributed by atoms with E-state index in [9.17, 15) is 14.7 Å². The number of hydrogen-bond acceptors (Lipinski definition) is 3. The maximum Gasteiger partial charge on any atom is 0.331 e. The molecule has 0 saturated heterocycles. The van der Waals surface area contributed by atoms with Crippen molar-refractivity contribution < 1.29 is 19.8 Å². The summed E-state index contributed by atoms with van der Waals surface area (Å²) in [5.41, 5.74) is 0.636. The zero-order valence-electron chi connectivity index (χ0n) is 11.3.